The van der Waals surface area contributed by atoms with Crippen LogP contribution < -0.4 is 20.4 Å². The van der Waals surface area contributed by atoms with Crippen molar-refractivity contribution >= 4 is 49.8 Å². The van der Waals surface area contributed by atoms with Gasteiger partial charge in [-0.2, -0.15) is 0 Å². The zero-order valence-electron chi connectivity index (χ0n) is 21.6. The molecule has 2 fully saturated rings. The number of hydrogen-bond donors (Lipinski definition) is 3. The molecule has 10 heteroatoms. The van der Waals surface area contributed by atoms with Crippen molar-refractivity contribution in [2.75, 3.05) is 73.0 Å². The van der Waals surface area contributed by atoms with E-state index in [0.29, 0.717) is 24.6 Å². The number of aliphatic hydroxyl groups excluding tert-OH is 1. The Balaban J connectivity index is 1.24. The summed E-state index contributed by atoms with van der Waals surface area (Å²) in [7, 11) is 0. The molecule has 2 saturated heterocycles. The summed E-state index contributed by atoms with van der Waals surface area (Å²) in [5, 5.41) is 15.9. The summed E-state index contributed by atoms with van der Waals surface area (Å²) in [6.07, 6.45) is 0. The van der Waals surface area contributed by atoms with Crippen LogP contribution in [0.4, 0.5) is 27.0 Å². The molecule has 2 amide bonds. The number of anilines is 4. The Hall–Kier alpha value is -3.70. The molecule has 2 aliphatic heterocycles. The Morgan fingerprint density at radius 2 is 1.41 bits per heavy atom. The van der Waals surface area contributed by atoms with Crippen LogP contribution >= 0.6 is 11.3 Å². The van der Waals surface area contributed by atoms with Gasteiger partial charge in [0.05, 0.1) is 43.4 Å². The fourth-order valence-electron chi connectivity index (χ4n) is 4.83. The van der Waals surface area contributed by atoms with Gasteiger partial charge in [0.2, 0.25) is 0 Å². The molecule has 0 aliphatic carbocycles. The number of carbonyl (C=O) groups is 1. The number of ether oxygens (including phenoxy) is 2. The van der Waals surface area contributed by atoms with E-state index in [1.54, 1.807) is 35.6 Å². The number of rotatable bonds is 6. The van der Waals surface area contributed by atoms with Crippen LogP contribution in [-0.4, -0.2) is 68.7 Å². The second-order valence-corrected chi connectivity index (χ2v) is 10.6. The molecule has 39 heavy (non-hydrogen) atoms. The van der Waals surface area contributed by atoms with Gasteiger partial charge in [0.25, 0.3) is 0 Å². The first-order valence-corrected chi connectivity index (χ1v) is 14.0. The van der Waals surface area contributed by atoms with Gasteiger partial charge >= 0.3 is 6.03 Å². The normalized spacial score (nSPS) is 15.9. The second kappa shape index (κ2) is 11.6. The zero-order valence-corrected chi connectivity index (χ0v) is 22.4. The standard InChI is InChI=1S/C29H31N5O4S/c35-19-20-1-5-23(6-2-20)30-28(36)31-24-7-3-21(4-8-24)22-17-25(33-9-13-37-14-10-33)27-26(18-22)39-29(32-27)34-11-15-38-16-12-34/h1-8,17-18,35H,9-16,19H2,(H2,30,31,36). The zero-order chi connectivity index (χ0) is 26.6. The minimum Gasteiger partial charge on any atom is -0.392 e. The van der Waals surface area contributed by atoms with E-state index in [1.807, 2.05) is 24.3 Å². The minimum absolute atomic E-state index is 0.0300. The lowest BCUT2D eigenvalue weighted by Crippen LogP contribution is -2.36. The molecule has 0 saturated carbocycles. The van der Waals surface area contributed by atoms with Gasteiger partial charge in [-0.15, -0.1) is 0 Å². The number of thiazole rings is 1. The van der Waals surface area contributed by atoms with Crippen LogP contribution in [0.1, 0.15) is 5.56 Å². The van der Waals surface area contributed by atoms with Gasteiger partial charge in [-0.3, -0.25) is 0 Å². The number of amides is 2. The van der Waals surface area contributed by atoms with Gasteiger partial charge in [-0.05, 0) is 53.1 Å². The smallest absolute Gasteiger partial charge is 0.323 e. The number of nitrogens with zero attached hydrogens (tertiary/aromatic N) is 3. The van der Waals surface area contributed by atoms with Crippen molar-refractivity contribution in [1.29, 1.82) is 0 Å². The number of urea groups is 1. The van der Waals surface area contributed by atoms with Crippen molar-refractivity contribution in [1.82, 2.24) is 4.98 Å². The highest BCUT2D eigenvalue weighted by Gasteiger charge is 2.21. The Morgan fingerprint density at radius 1 is 0.821 bits per heavy atom. The van der Waals surface area contributed by atoms with E-state index in [4.69, 9.17) is 14.5 Å². The highest BCUT2D eigenvalue weighted by atomic mass is 32.1. The van der Waals surface area contributed by atoms with Crippen molar-refractivity contribution in [2.45, 2.75) is 6.61 Å². The molecule has 0 spiro atoms. The lowest BCUT2D eigenvalue weighted by Gasteiger charge is -2.29. The molecule has 0 radical (unpaired) electrons. The predicted molar refractivity (Wildman–Crippen MR) is 156 cm³/mol. The highest BCUT2D eigenvalue weighted by molar-refractivity contribution is 7.22. The Kier molecular flexibility index (Phi) is 7.60. The topological polar surface area (TPSA) is 99.2 Å². The third-order valence-electron chi connectivity index (χ3n) is 6.97. The first kappa shape index (κ1) is 25.6. The summed E-state index contributed by atoms with van der Waals surface area (Å²) in [6.45, 7) is 6.23. The van der Waals surface area contributed by atoms with Crippen molar-refractivity contribution in [3.05, 3.63) is 66.2 Å². The van der Waals surface area contributed by atoms with Crippen molar-refractivity contribution in [3.63, 3.8) is 0 Å². The second-order valence-electron chi connectivity index (χ2n) is 9.55. The van der Waals surface area contributed by atoms with Crippen LogP contribution in [0.5, 0.6) is 0 Å². The fraction of sp³-hybridized carbons (Fsp3) is 0.310. The van der Waals surface area contributed by atoms with Crippen LogP contribution in [0.2, 0.25) is 0 Å². The van der Waals surface area contributed by atoms with E-state index in [1.165, 1.54) is 0 Å². The molecule has 4 aromatic rings. The molecule has 6 rings (SSSR count). The lowest BCUT2D eigenvalue weighted by atomic mass is 10.0. The maximum absolute atomic E-state index is 12.5. The van der Waals surface area contributed by atoms with Crippen LogP contribution in [-0.2, 0) is 16.1 Å². The number of aliphatic hydroxyl groups is 1. The Labute approximate surface area is 231 Å². The number of fused-ring (bicyclic) bond motifs is 1. The fourth-order valence-corrected chi connectivity index (χ4v) is 5.91. The van der Waals surface area contributed by atoms with Crippen LogP contribution in [0, 0.1) is 0 Å². The molecule has 9 nitrogen and oxygen atoms in total. The molecular weight excluding hydrogens is 514 g/mol. The van der Waals surface area contributed by atoms with Crippen molar-refractivity contribution < 1.29 is 19.4 Å². The molecule has 0 bridgehead atoms. The number of nitrogens with one attached hydrogen (secondary N) is 2. The number of hydrogen-bond acceptors (Lipinski definition) is 8. The summed E-state index contributed by atoms with van der Waals surface area (Å²) in [5.74, 6) is 0. The molecule has 3 heterocycles. The van der Waals surface area contributed by atoms with Gasteiger partial charge in [-0.1, -0.05) is 35.6 Å². The van der Waals surface area contributed by atoms with E-state index in [-0.39, 0.29) is 12.6 Å². The van der Waals surface area contributed by atoms with Crippen LogP contribution in [0.3, 0.4) is 0 Å². The summed E-state index contributed by atoms with van der Waals surface area (Å²) in [4.78, 5) is 22.2. The minimum atomic E-state index is -0.323. The molecule has 3 N–H and O–H groups in total. The Bertz CT molecular complexity index is 1430. The summed E-state index contributed by atoms with van der Waals surface area (Å²) in [5.41, 5.74) is 6.50. The molecular formula is C29H31N5O4S. The molecule has 1 aromatic heterocycles. The number of aromatic nitrogens is 1. The summed E-state index contributed by atoms with van der Waals surface area (Å²) >= 11 is 1.73. The van der Waals surface area contributed by atoms with E-state index in [0.717, 1.165) is 77.1 Å². The maximum atomic E-state index is 12.5. The summed E-state index contributed by atoms with van der Waals surface area (Å²) < 4.78 is 12.3. The third kappa shape index (κ3) is 5.84. The number of morpholine rings is 2. The SMILES string of the molecule is O=C(Nc1ccc(CO)cc1)Nc1ccc(-c2cc(N3CCOCC3)c3nc(N4CCOCC4)sc3c2)cc1. The largest absolute Gasteiger partial charge is 0.392 e. The quantitative estimate of drug-likeness (QED) is 0.321. The third-order valence-corrected chi connectivity index (χ3v) is 8.03. The van der Waals surface area contributed by atoms with Gasteiger partial charge in [0.1, 0.15) is 5.52 Å². The highest BCUT2D eigenvalue weighted by Crippen LogP contribution is 2.39. The first-order valence-electron chi connectivity index (χ1n) is 13.1. The monoisotopic (exact) mass is 545 g/mol. The summed E-state index contributed by atoms with van der Waals surface area (Å²) in [6, 6.07) is 19.1. The lowest BCUT2D eigenvalue weighted by molar-refractivity contribution is 0.122. The number of carbonyl (C=O) groups excluding carboxylic acids is 1. The van der Waals surface area contributed by atoms with Crippen LogP contribution in [0.15, 0.2) is 60.7 Å². The molecule has 3 aromatic carbocycles. The van der Waals surface area contributed by atoms with Crippen LogP contribution in [0.25, 0.3) is 21.3 Å². The molecule has 0 unspecified atom stereocenters. The van der Waals surface area contributed by atoms with Gasteiger partial charge < -0.3 is 35.0 Å². The maximum Gasteiger partial charge on any atom is 0.323 e. The first-order chi connectivity index (χ1) is 19.2. The van der Waals surface area contributed by atoms with Crippen molar-refractivity contribution in [2.24, 2.45) is 0 Å². The molecule has 202 valence electrons. The van der Waals surface area contributed by atoms with E-state index < -0.39 is 0 Å². The van der Waals surface area contributed by atoms with Gasteiger partial charge in [0, 0.05) is 37.6 Å². The van der Waals surface area contributed by atoms with Gasteiger partial charge in [-0.25, -0.2) is 9.78 Å². The van der Waals surface area contributed by atoms with E-state index >= 15 is 0 Å². The number of benzene rings is 3. The van der Waals surface area contributed by atoms with E-state index in [9.17, 15) is 9.90 Å². The average Bonchev–Trinajstić information content (AvgIpc) is 3.43. The molecule has 0 atom stereocenters. The average molecular weight is 546 g/mol. The predicted octanol–water partition coefficient (Wildman–Crippen LogP) is 4.77. The van der Waals surface area contributed by atoms with Gasteiger partial charge in [0.15, 0.2) is 5.13 Å². The van der Waals surface area contributed by atoms with E-state index in [2.05, 4.69) is 32.6 Å². The Morgan fingerprint density at radius 3 is 2.03 bits per heavy atom. The molecule has 2 aliphatic rings. The van der Waals surface area contributed by atoms with Crippen molar-refractivity contribution in [3.8, 4) is 11.1 Å².